The molecule has 3 aromatic rings. The average molecular weight is 405 g/mol. The number of nitrogens with zero attached hydrogens (tertiary/aromatic N) is 3. The van der Waals surface area contributed by atoms with Gasteiger partial charge in [0.15, 0.2) is 0 Å². The molecule has 1 fully saturated rings. The van der Waals surface area contributed by atoms with Crippen LogP contribution in [0.5, 0.6) is 5.75 Å². The number of amides is 1. The van der Waals surface area contributed by atoms with Gasteiger partial charge in [0.2, 0.25) is 0 Å². The molecule has 156 valence electrons. The Bertz CT molecular complexity index is 1100. The second kappa shape index (κ2) is 8.71. The first kappa shape index (κ1) is 20.2. The van der Waals surface area contributed by atoms with Gasteiger partial charge in [0.1, 0.15) is 5.75 Å². The number of aromatic nitrogens is 1. The van der Waals surface area contributed by atoms with Crippen LogP contribution in [0.4, 0.5) is 0 Å². The van der Waals surface area contributed by atoms with E-state index in [0.717, 1.165) is 42.7 Å². The highest BCUT2D eigenvalue weighted by molar-refractivity contribution is 6.06. The number of methoxy groups -OCH3 is 1. The molecule has 6 heteroatoms. The van der Waals surface area contributed by atoms with Gasteiger partial charge in [-0.15, -0.1) is 0 Å². The van der Waals surface area contributed by atoms with E-state index in [-0.39, 0.29) is 11.5 Å². The second-order valence-corrected chi connectivity index (χ2v) is 7.70. The number of hydrogen-bond donors (Lipinski definition) is 0. The third-order valence-corrected chi connectivity index (χ3v) is 5.92. The molecule has 1 aliphatic heterocycles. The van der Waals surface area contributed by atoms with Crippen LogP contribution < -0.4 is 10.3 Å². The summed E-state index contributed by atoms with van der Waals surface area (Å²) in [6.45, 7) is 3.98. The zero-order chi connectivity index (χ0) is 21.1. The summed E-state index contributed by atoms with van der Waals surface area (Å²) in [4.78, 5) is 29.8. The van der Waals surface area contributed by atoms with Crippen molar-refractivity contribution in [3.8, 4) is 5.75 Å². The molecule has 0 spiro atoms. The number of para-hydroxylation sites is 1. The summed E-state index contributed by atoms with van der Waals surface area (Å²) < 4.78 is 6.79. The van der Waals surface area contributed by atoms with Crippen LogP contribution in [0.25, 0.3) is 10.9 Å². The number of benzene rings is 2. The largest absolute Gasteiger partial charge is 0.497 e. The topological polar surface area (TPSA) is 54.8 Å². The van der Waals surface area contributed by atoms with E-state index in [4.69, 9.17) is 4.74 Å². The summed E-state index contributed by atoms with van der Waals surface area (Å²) in [5.74, 6) is 0.813. The highest BCUT2D eigenvalue weighted by atomic mass is 16.5. The van der Waals surface area contributed by atoms with E-state index in [0.29, 0.717) is 18.7 Å². The minimum atomic E-state index is -0.157. The predicted molar refractivity (Wildman–Crippen MR) is 118 cm³/mol. The molecular formula is C24H27N3O3. The van der Waals surface area contributed by atoms with E-state index in [9.17, 15) is 9.59 Å². The highest BCUT2D eigenvalue weighted by Crippen LogP contribution is 2.19. The molecule has 0 aliphatic carbocycles. The Kier molecular flexibility index (Phi) is 5.86. The van der Waals surface area contributed by atoms with Crippen LogP contribution >= 0.6 is 0 Å². The van der Waals surface area contributed by atoms with Crippen LogP contribution in [0.3, 0.4) is 0 Å². The van der Waals surface area contributed by atoms with Gasteiger partial charge < -0.3 is 14.2 Å². The Morgan fingerprint density at radius 3 is 2.40 bits per heavy atom. The fourth-order valence-electron chi connectivity index (χ4n) is 4.01. The van der Waals surface area contributed by atoms with E-state index in [1.165, 1.54) is 11.6 Å². The van der Waals surface area contributed by atoms with Gasteiger partial charge in [-0.1, -0.05) is 30.3 Å². The number of piperazine rings is 1. The maximum atomic E-state index is 13.2. The molecule has 0 atom stereocenters. The maximum absolute atomic E-state index is 13.2. The van der Waals surface area contributed by atoms with E-state index in [1.807, 2.05) is 41.3 Å². The number of fused-ring (bicyclic) bond motifs is 1. The zero-order valence-corrected chi connectivity index (χ0v) is 17.5. The number of pyridine rings is 1. The molecule has 1 aromatic heterocycles. The van der Waals surface area contributed by atoms with Crippen molar-refractivity contribution in [1.29, 1.82) is 0 Å². The van der Waals surface area contributed by atoms with Gasteiger partial charge in [-0.25, -0.2) is 0 Å². The Balaban J connectivity index is 1.39. The number of hydrogen-bond acceptors (Lipinski definition) is 4. The van der Waals surface area contributed by atoms with Crippen molar-refractivity contribution in [2.75, 3.05) is 39.8 Å². The van der Waals surface area contributed by atoms with E-state index in [2.05, 4.69) is 17.0 Å². The number of aryl methyl sites for hydroxylation is 1. The van der Waals surface area contributed by atoms with Crippen molar-refractivity contribution in [1.82, 2.24) is 14.4 Å². The minimum Gasteiger partial charge on any atom is -0.497 e. The van der Waals surface area contributed by atoms with Gasteiger partial charge in [-0.2, -0.15) is 0 Å². The van der Waals surface area contributed by atoms with Crippen LogP contribution in [0, 0.1) is 0 Å². The van der Waals surface area contributed by atoms with Crippen molar-refractivity contribution < 1.29 is 9.53 Å². The molecule has 0 radical (unpaired) electrons. The lowest BCUT2D eigenvalue weighted by Crippen LogP contribution is -2.49. The fraction of sp³-hybridized carbons (Fsp3) is 0.333. The molecule has 1 amide bonds. The molecule has 2 aromatic carbocycles. The van der Waals surface area contributed by atoms with Crippen molar-refractivity contribution in [3.05, 3.63) is 76.1 Å². The number of carbonyl (C=O) groups is 1. The summed E-state index contributed by atoms with van der Waals surface area (Å²) in [5.41, 5.74) is 2.41. The zero-order valence-electron chi connectivity index (χ0n) is 17.5. The first-order valence-electron chi connectivity index (χ1n) is 10.3. The molecule has 0 saturated carbocycles. The molecule has 0 bridgehead atoms. The molecule has 2 heterocycles. The predicted octanol–water partition coefficient (Wildman–Crippen LogP) is 2.55. The van der Waals surface area contributed by atoms with Gasteiger partial charge in [-0.05, 0) is 30.2 Å². The number of rotatable bonds is 5. The van der Waals surface area contributed by atoms with Gasteiger partial charge in [0, 0.05) is 51.2 Å². The van der Waals surface area contributed by atoms with Crippen molar-refractivity contribution >= 4 is 16.8 Å². The van der Waals surface area contributed by atoms with E-state index < -0.39 is 0 Å². The van der Waals surface area contributed by atoms with Crippen molar-refractivity contribution in [2.24, 2.45) is 7.05 Å². The van der Waals surface area contributed by atoms with Gasteiger partial charge in [-0.3, -0.25) is 14.5 Å². The Hall–Kier alpha value is -3.12. The minimum absolute atomic E-state index is 0.0568. The molecular weight excluding hydrogens is 378 g/mol. The third kappa shape index (κ3) is 4.09. The van der Waals surface area contributed by atoms with Crippen LogP contribution in [0.15, 0.2) is 59.4 Å². The first-order valence-corrected chi connectivity index (χ1v) is 10.3. The number of ether oxygens (including phenoxy) is 1. The average Bonchev–Trinajstić information content (AvgIpc) is 2.80. The standard InChI is InChI=1S/C24H27N3O3/c1-25-22-6-4-3-5-20(22)21(17-23(25)28)24(29)27-15-13-26(14-16-27)12-11-18-7-9-19(30-2)10-8-18/h3-10,17H,11-16H2,1-2H3. The lowest BCUT2D eigenvalue weighted by Gasteiger charge is -2.35. The normalized spacial score (nSPS) is 14.8. The van der Waals surface area contributed by atoms with E-state index >= 15 is 0 Å². The highest BCUT2D eigenvalue weighted by Gasteiger charge is 2.24. The van der Waals surface area contributed by atoms with Gasteiger partial charge >= 0.3 is 0 Å². The lowest BCUT2D eigenvalue weighted by molar-refractivity contribution is 0.0640. The summed E-state index contributed by atoms with van der Waals surface area (Å²) >= 11 is 0. The molecule has 30 heavy (non-hydrogen) atoms. The van der Waals surface area contributed by atoms with Crippen molar-refractivity contribution in [3.63, 3.8) is 0 Å². The van der Waals surface area contributed by atoms with E-state index in [1.54, 1.807) is 18.7 Å². The lowest BCUT2D eigenvalue weighted by atomic mass is 10.1. The van der Waals surface area contributed by atoms with Crippen LogP contribution in [-0.4, -0.2) is 60.1 Å². The molecule has 1 saturated heterocycles. The third-order valence-electron chi connectivity index (χ3n) is 5.92. The Labute approximate surface area is 176 Å². The molecule has 4 rings (SSSR count). The Morgan fingerprint density at radius 1 is 1.00 bits per heavy atom. The molecule has 1 aliphatic rings. The second-order valence-electron chi connectivity index (χ2n) is 7.70. The maximum Gasteiger partial charge on any atom is 0.254 e. The Morgan fingerprint density at radius 2 is 1.70 bits per heavy atom. The number of carbonyl (C=O) groups excluding carboxylic acids is 1. The SMILES string of the molecule is COc1ccc(CCN2CCN(C(=O)c3cc(=O)n(C)c4ccccc34)CC2)cc1. The van der Waals surface area contributed by atoms with Gasteiger partial charge in [0.25, 0.3) is 11.5 Å². The molecule has 0 N–H and O–H groups in total. The molecule has 6 nitrogen and oxygen atoms in total. The molecule has 0 unspecified atom stereocenters. The summed E-state index contributed by atoms with van der Waals surface area (Å²) in [6, 6.07) is 17.2. The van der Waals surface area contributed by atoms with Crippen molar-refractivity contribution in [2.45, 2.75) is 6.42 Å². The van der Waals surface area contributed by atoms with Crippen LogP contribution in [0.1, 0.15) is 15.9 Å². The smallest absolute Gasteiger partial charge is 0.254 e. The van der Waals surface area contributed by atoms with Crippen LogP contribution in [-0.2, 0) is 13.5 Å². The fourth-order valence-corrected chi connectivity index (χ4v) is 4.01. The quantitative estimate of drug-likeness (QED) is 0.655. The summed E-state index contributed by atoms with van der Waals surface area (Å²) in [5, 5.41) is 0.825. The summed E-state index contributed by atoms with van der Waals surface area (Å²) in [7, 11) is 3.41. The first-order chi connectivity index (χ1) is 14.6. The van der Waals surface area contributed by atoms with Crippen LogP contribution in [0.2, 0.25) is 0 Å². The van der Waals surface area contributed by atoms with Gasteiger partial charge in [0.05, 0.1) is 18.2 Å². The summed E-state index contributed by atoms with van der Waals surface area (Å²) in [6.07, 6.45) is 0.970. The monoisotopic (exact) mass is 405 g/mol.